The first-order chi connectivity index (χ1) is 14.2. The second kappa shape index (κ2) is 27.8. The van der Waals surface area contributed by atoms with Gasteiger partial charge in [-0.25, -0.2) is 0 Å². The van der Waals surface area contributed by atoms with Crippen LogP contribution in [-0.4, -0.2) is 0 Å². The number of hydrogen-bond acceptors (Lipinski definition) is 3. The van der Waals surface area contributed by atoms with Crippen molar-refractivity contribution in [1.82, 2.24) is 0 Å². The lowest BCUT2D eigenvalue weighted by Gasteiger charge is -2.08. The number of nitrogens with two attached hydrogens (primary N) is 1. The van der Waals surface area contributed by atoms with Gasteiger partial charge < -0.3 is 5.73 Å². The van der Waals surface area contributed by atoms with Gasteiger partial charge in [-0.3, -0.25) is 0 Å². The van der Waals surface area contributed by atoms with E-state index in [1.54, 1.807) is 6.08 Å². The van der Waals surface area contributed by atoms with Gasteiger partial charge >= 0.3 is 0 Å². The second-order valence-electron chi connectivity index (χ2n) is 4.44. The first-order valence-electron chi connectivity index (χ1n) is 11.1. The van der Waals surface area contributed by atoms with E-state index in [9.17, 15) is 0 Å². The van der Waals surface area contributed by atoms with Crippen molar-refractivity contribution in [3.63, 3.8) is 0 Å². The van der Waals surface area contributed by atoms with E-state index in [1.807, 2.05) is 112 Å². The van der Waals surface area contributed by atoms with Gasteiger partial charge in [-0.05, 0) is 38.5 Å². The summed E-state index contributed by atoms with van der Waals surface area (Å²) in [4.78, 5) is 0. The molecule has 0 aromatic heterocycles. The molecule has 2 N–H and O–H groups in total. The quantitative estimate of drug-likeness (QED) is 0.287. The van der Waals surface area contributed by atoms with Crippen molar-refractivity contribution in [3.8, 4) is 0 Å². The maximum Gasteiger partial charge on any atom is 0.0936 e. The minimum atomic E-state index is 0.690. The molecule has 0 saturated carbocycles. The van der Waals surface area contributed by atoms with Crippen molar-refractivity contribution >= 4 is 23.5 Å². The molecule has 0 unspecified atom stereocenters. The van der Waals surface area contributed by atoms with Crippen LogP contribution in [0, 0.1) is 0 Å². The van der Waals surface area contributed by atoms with Crippen molar-refractivity contribution in [2.75, 3.05) is 5.73 Å². The van der Waals surface area contributed by atoms with Gasteiger partial charge in [0.25, 0.3) is 0 Å². The lowest BCUT2D eigenvalue weighted by Crippen LogP contribution is -1.92. The molecule has 1 aromatic rings. The Morgan fingerprint density at radius 2 is 1.48 bits per heavy atom. The fraction of sp³-hybridized carbons (Fsp3) is 0.462. The molecule has 1 rings (SSSR count). The Balaban J connectivity index is -0.000000347. The van der Waals surface area contributed by atoms with E-state index in [0.717, 1.165) is 28.9 Å². The molecule has 3 heteroatoms. The molecule has 0 radical (unpaired) electrons. The first-order valence-corrected chi connectivity index (χ1v) is 11.1. The maximum atomic E-state index is 5.98. The van der Waals surface area contributed by atoms with Gasteiger partial charge in [0.1, 0.15) is 0 Å². The lowest BCUT2D eigenvalue weighted by molar-refractivity contribution is 1.11. The summed E-state index contributed by atoms with van der Waals surface area (Å²) in [6, 6.07) is 3.71. The zero-order valence-electron chi connectivity index (χ0n) is 21.0. The van der Waals surface area contributed by atoms with Gasteiger partial charge in [0.15, 0.2) is 0 Å². The predicted molar refractivity (Wildman–Crippen MR) is 139 cm³/mol. The molecule has 0 spiro atoms. The molecule has 0 aliphatic rings. The van der Waals surface area contributed by atoms with Gasteiger partial charge in [-0.15, -0.1) is 5.11 Å². The van der Waals surface area contributed by atoms with Gasteiger partial charge in [0.2, 0.25) is 0 Å². The summed E-state index contributed by atoms with van der Waals surface area (Å²) in [6.07, 6.45) is 12.5. The number of anilines is 1. The maximum absolute atomic E-state index is 5.98. The number of nitrogens with zero attached hydrogens (tertiary/aromatic N) is 2. The number of azo groups is 1. The molecular formula is C26H47N3. The van der Waals surface area contributed by atoms with Crippen molar-refractivity contribution in [1.29, 1.82) is 0 Å². The zero-order valence-corrected chi connectivity index (χ0v) is 21.0. The fourth-order valence-corrected chi connectivity index (χ4v) is 1.93. The van der Waals surface area contributed by atoms with Crippen LogP contribution in [0.2, 0.25) is 0 Å². The molecule has 3 nitrogen and oxygen atoms in total. The van der Waals surface area contributed by atoms with E-state index in [1.165, 1.54) is 0 Å². The van der Waals surface area contributed by atoms with Gasteiger partial charge in [-0.1, -0.05) is 99.3 Å². The number of rotatable bonds is 6. The van der Waals surface area contributed by atoms with Crippen LogP contribution < -0.4 is 5.73 Å². The summed E-state index contributed by atoms with van der Waals surface area (Å²) < 4.78 is 0. The molecule has 0 heterocycles. The summed E-state index contributed by atoms with van der Waals surface area (Å²) in [5, 5.41) is 8.67. The van der Waals surface area contributed by atoms with Gasteiger partial charge in [-0.2, -0.15) is 5.11 Å². The SMILES string of the molecule is C=Cc1c(N)ccc(N=NC(/C=C\C)=C/CC)c1/C=C\C.CC.CC.CC.CC. The molecule has 166 valence electrons. The van der Waals surface area contributed by atoms with E-state index >= 15 is 0 Å². The standard InChI is InChI=1S/C18H23N3.4C2H6/c1-5-9-14(10-6-2)20-21-18-13-12-17(19)15(8-4)16(18)11-7-3;4*1-2/h5,7-13H,4,6,19H2,1-3H3;4*1-2H3/b9-5-,11-7-,14-10+,21-20?;;;;. The highest BCUT2D eigenvalue weighted by Gasteiger charge is 2.06. The average molecular weight is 402 g/mol. The number of nitrogen functional groups attached to an aromatic ring is 1. The largest absolute Gasteiger partial charge is 0.398 e. The molecule has 29 heavy (non-hydrogen) atoms. The van der Waals surface area contributed by atoms with E-state index < -0.39 is 0 Å². The highest BCUT2D eigenvalue weighted by Crippen LogP contribution is 2.30. The Morgan fingerprint density at radius 3 is 1.90 bits per heavy atom. The monoisotopic (exact) mass is 401 g/mol. The van der Waals surface area contributed by atoms with Crippen molar-refractivity contribution in [2.45, 2.75) is 82.6 Å². The zero-order chi connectivity index (χ0) is 23.7. The minimum absolute atomic E-state index is 0.690. The average Bonchev–Trinajstić information content (AvgIpc) is 2.79. The van der Waals surface area contributed by atoms with Crippen LogP contribution in [0.1, 0.15) is 93.7 Å². The van der Waals surface area contributed by atoms with Crippen LogP contribution in [0.3, 0.4) is 0 Å². The molecule has 0 aliphatic carbocycles. The molecule has 1 aromatic carbocycles. The van der Waals surface area contributed by atoms with Crippen LogP contribution in [0.25, 0.3) is 12.2 Å². The third kappa shape index (κ3) is 15.2. The highest BCUT2D eigenvalue weighted by molar-refractivity contribution is 5.80. The van der Waals surface area contributed by atoms with E-state index in [0.29, 0.717) is 5.69 Å². The Labute approximate surface area is 182 Å². The molecular weight excluding hydrogens is 354 g/mol. The Bertz CT molecular complexity index is 607. The number of allylic oxidation sites excluding steroid dienone is 4. The first kappa shape index (κ1) is 34.1. The van der Waals surface area contributed by atoms with Crippen LogP contribution in [0.4, 0.5) is 11.4 Å². The number of benzene rings is 1. The van der Waals surface area contributed by atoms with Crippen LogP contribution >= 0.6 is 0 Å². The number of hydrogen-bond donors (Lipinski definition) is 1. The smallest absolute Gasteiger partial charge is 0.0936 e. The molecule has 0 bridgehead atoms. The normalized spacial score (nSPS) is 10.1. The van der Waals surface area contributed by atoms with Gasteiger partial charge in [0, 0.05) is 16.8 Å². The highest BCUT2D eigenvalue weighted by atomic mass is 15.1. The minimum Gasteiger partial charge on any atom is -0.398 e. The van der Waals surface area contributed by atoms with E-state index in [-0.39, 0.29) is 0 Å². The lowest BCUT2D eigenvalue weighted by atomic mass is 10.0. The fourth-order valence-electron chi connectivity index (χ4n) is 1.93. The summed E-state index contributed by atoms with van der Waals surface area (Å²) in [6.45, 7) is 25.8. The Morgan fingerprint density at radius 1 is 0.931 bits per heavy atom. The van der Waals surface area contributed by atoms with E-state index in [2.05, 4.69) is 23.7 Å². The second-order valence-corrected chi connectivity index (χ2v) is 4.44. The van der Waals surface area contributed by atoms with Crippen molar-refractivity contribution in [3.05, 3.63) is 59.8 Å². The van der Waals surface area contributed by atoms with E-state index in [4.69, 9.17) is 5.73 Å². The topological polar surface area (TPSA) is 50.7 Å². The predicted octanol–water partition coefficient (Wildman–Crippen LogP) is 10.0. The van der Waals surface area contributed by atoms with Gasteiger partial charge in [0.05, 0.1) is 11.4 Å². The van der Waals surface area contributed by atoms with Crippen molar-refractivity contribution in [2.24, 2.45) is 10.2 Å². The third-order valence-corrected chi connectivity index (χ3v) is 2.86. The van der Waals surface area contributed by atoms with Crippen LogP contribution in [0.5, 0.6) is 0 Å². The summed E-state index contributed by atoms with van der Waals surface area (Å²) >= 11 is 0. The molecule has 0 amide bonds. The molecule has 0 aliphatic heterocycles. The molecule has 0 fully saturated rings. The summed E-state index contributed by atoms with van der Waals surface area (Å²) in [5.41, 5.74) is 10.1. The van der Waals surface area contributed by atoms with Crippen LogP contribution in [-0.2, 0) is 0 Å². The summed E-state index contributed by atoms with van der Waals surface area (Å²) in [7, 11) is 0. The third-order valence-electron chi connectivity index (χ3n) is 2.86. The Kier molecular flexibility index (Phi) is 32.7. The molecule has 0 saturated heterocycles. The Hall–Kier alpha value is -2.42. The summed E-state index contributed by atoms with van der Waals surface area (Å²) in [5.74, 6) is 0. The van der Waals surface area contributed by atoms with Crippen molar-refractivity contribution < 1.29 is 0 Å². The molecule has 0 atom stereocenters. The van der Waals surface area contributed by atoms with Crippen LogP contribution in [0.15, 0.2) is 58.9 Å².